The summed E-state index contributed by atoms with van der Waals surface area (Å²) in [4.78, 5) is 21.4. The number of aromatic nitrogens is 3. The fourth-order valence-electron chi connectivity index (χ4n) is 2.89. The minimum absolute atomic E-state index is 0.0638. The van der Waals surface area contributed by atoms with Crippen molar-refractivity contribution in [2.24, 2.45) is 0 Å². The summed E-state index contributed by atoms with van der Waals surface area (Å²) in [5.74, 6) is 7.01. The largest absolute Gasteiger partial charge is 0.296 e. The van der Waals surface area contributed by atoms with Gasteiger partial charge < -0.3 is 0 Å². The van der Waals surface area contributed by atoms with E-state index < -0.39 is 0 Å². The van der Waals surface area contributed by atoms with Gasteiger partial charge in [-0.1, -0.05) is 12.0 Å². The highest BCUT2D eigenvalue weighted by molar-refractivity contribution is 5.79. The Kier molecular flexibility index (Phi) is 3.39. The molecule has 0 atom stereocenters. The van der Waals surface area contributed by atoms with Gasteiger partial charge in [0, 0.05) is 24.7 Å². The zero-order valence-corrected chi connectivity index (χ0v) is 12.6. The molecule has 1 aliphatic heterocycles. The van der Waals surface area contributed by atoms with Crippen molar-refractivity contribution < 1.29 is 0 Å². The molecule has 112 valence electrons. The number of hydrogen-bond donors (Lipinski definition) is 0. The molecule has 3 heterocycles. The molecule has 4 nitrogen and oxygen atoms in total. The van der Waals surface area contributed by atoms with Crippen molar-refractivity contribution in [2.75, 3.05) is 0 Å². The first kappa shape index (κ1) is 13.7. The van der Waals surface area contributed by atoms with Crippen LogP contribution in [0.4, 0.5) is 0 Å². The first-order valence-electron chi connectivity index (χ1n) is 7.78. The Morgan fingerprint density at radius 2 is 2.04 bits per heavy atom. The van der Waals surface area contributed by atoms with E-state index in [-0.39, 0.29) is 5.56 Å². The van der Waals surface area contributed by atoms with Crippen LogP contribution in [0.5, 0.6) is 0 Å². The summed E-state index contributed by atoms with van der Waals surface area (Å²) in [5.41, 5.74) is 2.37. The molecular formula is C19H15N3O. The van der Waals surface area contributed by atoms with Crippen LogP contribution in [0, 0.1) is 11.8 Å². The fourth-order valence-corrected chi connectivity index (χ4v) is 2.89. The Balaban J connectivity index is 1.80. The maximum Gasteiger partial charge on any atom is 0.261 e. The van der Waals surface area contributed by atoms with Crippen LogP contribution in [0.15, 0.2) is 47.4 Å². The second-order valence-electron chi connectivity index (χ2n) is 5.64. The lowest BCUT2D eigenvalue weighted by Crippen LogP contribution is -2.28. The second kappa shape index (κ2) is 5.69. The van der Waals surface area contributed by atoms with Crippen LogP contribution in [0.2, 0.25) is 0 Å². The van der Waals surface area contributed by atoms with Gasteiger partial charge in [-0.25, -0.2) is 9.97 Å². The molecule has 0 fully saturated rings. The molecule has 1 aromatic carbocycles. The molecule has 3 aromatic rings. The summed E-state index contributed by atoms with van der Waals surface area (Å²) in [7, 11) is 0. The lowest BCUT2D eigenvalue weighted by molar-refractivity contribution is 0.501. The van der Waals surface area contributed by atoms with Crippen molar-refractivity contribution in [3.8, 4) is 11.8 Å². The van der Waals surface area contributed by atoms with E-state index >= 15 is 0 Å². The standard InChI is InChI=1S/C19H15N3O/c23-19-16-10-8-14(7-9-15-5-1-3-11-20-15)13-17(16)21-18-6-2-4-12-22(18)19/h1,3,5,8,10-11,13H,2,4,6,12H2. The zero-order chi connectivity index (χ0) is 15.6. The summed E-state index contributed by atoms with van der Waals surface area (Å²) < 4.78 is 1.81. The Morgan fingerprint density at radius 3 is 2.91 bits per heavy atom. The maximum atomic E-state index is 12.5. The van der Waals surface area contributed by atoms with Gasteiger partial charge in [0.1, 0.15) is 11.5 Å². The zero-order valence-electron chi connectivity index (χ0n) is 12.6. The number of fused-ring (bicyclic) bond motifs is 2. The van der Waals surface area contributed by atoms with E-state index in [1.54, 1.807) is 6.20 Å². The molecule has 4 heteroatoms. The summed E-state index contributed by atoms with van der Waals surface area (Å²) in [5, 5.41) is 0.666. The van der Waals surface area contributed by atoms with Crippen LogP contribution < -0.4 is 5.56 Å². The van der Waals surface area contributed by atoms with E-state index in [4.69, 9.17) is 0 Å². The lowest BCUT2D eigenvalue weighted by atomic mass is 10.1. The van der Waals surface area contributed by atoms with Crippen LogP contribution >= 0.6 is 0 Å². The number of aryl methyl sites for hydroxylation is 1. The predicted octanol–water partition coefficient (Wildman–Crippen LogP) is 2.53. The van der Waals surface area contributed by atoms with Crippen LogP contribution in [-0.4, -0.2) is 14.5 Å². The molecule has 0 aliphatic carbocycles. The Hall–Kier alpha value is -2.93. The molecule has 0 saturated carbocycles. The third-order valence-corrected chi connectivity index (χ3v) is 4.07. The monoisotopic (exact) mass is 301 g/mol. The molecule has 4 rings (SSSR count). The lowest BCUT2D eigenvalue weighted by Gasteiger charge is -2.17. The SMILES string of the molecule is O=c1c2ccc(C#Cc3ccccn3)cc2nc2n1CCCC2. The van der Waals surface area contributed by atoms with Crippen molar-refractivity contribution in [3.05, 3.63) is 70.0 Å². The Labute approximate surface area is 133 Å². The van der Waals surface area contributed by atoms with Crippen LogP contribution in [0.1, 0.15) is 29.9 Å². The van der Waals surface area contributed by atoms with E-state index in [9.17, 15) is 4.79 Å². The number of benzene rings is 1. The first-order valence-corrected chi connectivity index (χ1v) is 7.78. The van der Waals surface area contributed by atoms with Crippen molar-refractivity contribution in [2.45, 2.75) is 25.8 Å². The number of pyridine rings is 1. The highest BCUT2D eigenvalue weighted by atomic mass is 16.1. The Morgan fingerprint density at radius 1 is 1.09 bits per heavy atom. The van der Waals surface area contributed by atoms with Gasteiger partial charge in [-0.3, -0.25) is 9.36 Å². The molecule has 0 radical (unpaired) electrons. The Bertz CT molecular complexity index is 994. The minimum atomic E-state index is 0.0638. The molecule has 0 saturated heterocycles. The van der Waals surface area contributed by atoms with Gasteiger partial charge in [-0.2, -0.15) is 0 Å². The van der Waals surface area contributed by atoms with E-state index in [1.165, 1.54) is 0 Å². The average Bonchev–Trinajstić information content (AvgIpc) is 2.61. The molecule has 0 unspecified atom stereocenters. The molecule has 23 heavy (non-hydrogen) atoms. The van der Waals surface area contributed by atoms with Gasteiger partial charge in [0.15, 0.2) is 0 Å². The molecule has 2 aromatic heterocycles. The molecule has 0 bridgehead atoms. The normalized spacial score (nSPS) is 13.2. The summed E-state index contributed by atoms with van der Waals surface area (Å²) in [6.07, 6.45) is 4.74. The van der Waals surface area contributed by atoms with Crippen molar-refractivity contribution in [1.29, 1.82) is 0 Å². The second-order valence-corrected chi connectivity index (χ2v) is 5.64. The fraction of sp³-hybridized carbons (Fsp3) is 0.211. The quantitative estimate of drug-likeness (QED) is 0.600. The van der Waals surface area contributed by atoms with Crippen LogP contribution in [0.25, 0.3) is 10.9 Å². The van der Waals surface area contributed by atoms with E-state index in [0.29, 0.717) is 5.39 Å². The summed E-state index contributed by atoms with van der Waals surface area (Å²) in [6.45, 7) is 0.776. The van der Waals surface area contributed by atoms with Crippen LogP contribution in [-0.2, 0) is 13.0 Å². The van der Waals surface area contributed by atoms with Crippen LogP contribution in [0.3, 0.4) is 0 Å². The summed E-state index contributed by atoms with van der Waals surface area (Å²) >= 11 is 0. The molecule has 1 aliphatic rings. The highest BCUT2D eigenvalue weighted by Crippen LogP contribution is 2.16. The van der Waals surface area contributed by atoms with Gasteiger partial charge in [0.25, 0.3) is 5.56 Å². The van der Waals surface area contributed by atoms with E-state index in [2.05, 4.69) is 21.8 Å². The smallest absolute Gasteiger partial charge is 0.261 e. The first-order chi connectivity index (χ1) is 11.3. The third-order valence-electron chi connectivity index (χ3n) is 4.07. The van der Waals surface area contributed by atoms with Gasteiger partial charge >= 0.3 is 0 Å². The van der Waals surface area contributed by atoms with E-state index in [1.807, 2.05) is 41.0 Å². The topological polar surface area (TPSA) is 47.8 Å². The minimum Gasteiger partial charge on any atom is -0.296 e. The molecule has 0 N–H and O–H groups in total. The number of hydrogen-bond acceptors (Lipinski definition) is 3. The molecule has 0 spiro atoms. The number of nitrogens with zero attached hydrogens (tertiary/aromatic N) is 3. The van der Waals surface area contributed by atoms with Crippen molar-refractivity contribution >= 4 is 10.9 Å². The third kappa shape index (κ3) is 2.62. The predicted molar refractivity (Wildman–Crippen MR) is 89.2 cm³/mol. The highest BCUT2D eigenvalue weighted by Gasteiger charge is 2.14. The average molecular weight is 301 g/mol. The van der Waals surface area contributed by atoms with Crippen molar-refractivity contribution in [3.63, 3.8) is 0 Å². The van der Waals surface area contributed by atoms with Gasteiger partial charge in [0.05, 0.1) is 10.9 Å². The van der Waals surface area contributed by atoms with E-state index in [0.717, 1.165) is 48.4 Å². The number of rotatable bonds is 0. The van der Waals surface area contributed by atoms with Gasteiger partial charge in [-0.15, -0.1) is 0 Å². The van der Waals surface area contributed by atoms with Gasteiger partial charge in [-0.05, 0) is 49.1 Å². The van der Waals surface area contributed by atoms with Gasteiger partial charge in [0.2, 0.25) is 0 Å². The molecule has 0 amide bonds. The van der Waals surface area contributed by atoms with Crippen molar-refractivity contribution in [1.82, 2.24) is 14.5 Å². The maximum absolute atomic E-state index is 12.5. The molecular weight excluding hydrogens is 286 g/mol. The summed E-state index contributed by atoms with van der Waals surface area (Å²) in [6, 6.07) is 11.2.